The summed E-state index contributed by atoms with van der Waals surface area (Å²) >= 11 is 0. The number of nitrogens with zero attached hydrogens (tertiary/aromatic N) is 2. The number of carbonyl (C=O) groups is 3. The number of alkyl carbamates (subject to hydrolysis) is 1. The Morgan fingerprint density at radius 2 is 2.10 bits per heavy atom. The van der Waals surface area contributed by atoms with E-state index in [1.165, 1.54) is 11.9 Å². The molecule has 3 heterocycles. The second kappa shape index (κ2) is 7.23. The van der Waals surface area contributed by atoms with E-state index >= 15 is 0 Å². The van der Waals surface area contributed by atoms with E-state index in [-0.39, 0.29) is 27.3 Å². The zero-order valence-corrected chi connectivity index (χ0v) is 17.6. The van der Waals surface area contributed by atoms with Crippen LogP contribution in [0.4, 0.5) is 9.59 Å². The normalized spacial score (nSPS) is 18.5. The van der Waals surface area contributed by atoms with Crippen LogP contribution in [0, 0.1) is 0 Å². The van der Waals surface area contributed by atoms with Crippen molar-refractivity contribution >= 4 is 28.9 Å². The van der Waals surface area contributed by atoms with Gasteiger partial charge >= 0.3 is 12.1 Å². The first-order valence-electron chi connectivity index (χ1n) is 9.94. The first-order valence-corrected chi connectivity index (χ1v) is 9.94. The Bertz CT molecular complexity index is 1030. The highest BCUT2D eigenvalue weighted by Gasteiger charge is 2.43. The van der Waals surface area contributed by atoms with Crippen LogP contribution in [-0.2, 0) is 16.1 Å². The number of fused-ring (bicyclic) bond motifs is 6. The van der Waals surface area contributed by atoms with Crippen molar-refractivity contribution < 1.29 is 26.7 Å². The lowest BCUT2D eigenvalue weighted by Crippen LogP contribution is -2.55. The number of aromatic amines is 1. The highest BCUT2D eigenvalue weighted by molar-refractivity contribution is 6.03. The van der Waals surface area contributed by atoms with Crippen LogP contribution in [0.25, 0.3) is 10.9 Å². The van der Waals surface area contributed by atoms with Crippen molar-refractivity contribution in [1.29, 1.82) is 0 Å². The van der Waals surface area contributed by atoms with Gasteiger partial charge in [0.15, 0.2) is 0 Å². The molecule has 0 aliphatic carbocycles. The summed E-state index contributed by atoms with van der Waals surface area (Å²) in [4.78, 5) is 42.9. The van der Waals surface area contributed by atoms with Gasteiger partial charge in [-0.05, 0) is 44.5 Å². The van der Waals surface area contributed by atoms with E-state index in [2.05, 4.69) is 10.3 Å². The van der Waals surface area contributed by atoms with E-state index in [1.54, 1.807) is 25.7 Å². The van der Waals surface area contributed by atoms with E-state index < -0.39 is 11.7 Å². The summed E-state index contributed by atoms with van der Waals surface area (Å²) in [6.07, 6.45) is -0.486. The fraction of sp³-hybridized carbons (Fsp3) is 0.476. The van der Waals surface area contributed by atoms with Crippen LogP contribution >= 0.6 is 0 Å². The van der Waals surface area contributed by atoms with E-state index in [9.17, 15) is 14.4 Å². The first-order chi connectivity index (χ1) is 14.1. The van der Waals surface area contributed by atoms with Crippen LogP contribution in [0.15, 0.2) is 18.2 Å². The third kappa shape index (κ3) is 3.67. The predicted octanol–water partition coefficient (Wildman–Crippen LogP) is 3.05. The molecular weight excluding hydrogens is 388 g/mol. The minimum Gasteiger partial charge on any atom is -0.492 e. The highest BCUT2D eigenvalue weighted by Crippen LogP contribution is 2.39. The standard InChI is InChI=1S/C21H26N4O5.2H2/c1-21(2,3)30-19(27)22-7-8-29-12-5-6-15-13(9-12)17-14-10-25(11-16(17)23-15)20(28)24(4)18(14)26;;/h5-6,9,14,23H,7-8,10-11H2,1-4H3,(H,22,27);2*1H. The molecule has 1 saturated heterocycles. The molecule has 1 fully saturated rings. The van der Waals surface area contributed by atoms with Crippen molar-refractivity contribution in [3.05, 3.63) is 29.5 Å². The summed E-state index contributed by atoms with van der Waals surface area (Å²) in [5.74, 6) is 0.0747. The van der Waals surface area contributed by atoms with Gasteiger partial charge in [0.25, 0.3) is 0 Å². The summed E-state index contributed by atoms with van der Waals surface area (Å²) < 4.78 is 11.0. The molecule has 2 aliphatic rings. The molecule has 1 atom stereocenters. The number of amides is 4. The smallest absolute Gasteiger partial charge is 0.407 e. The average Bonchev–Trinajstić information content (AvgIpc) is 3.04. The maximum Gasteiger partial charge on any atom is 0.407 e. The molecule has 0 spiro atoms. The van der Waals surface area contributed by atoms with Gasteiger partial charge in [-0.3, -0.25) is 9.69 Å². The molecule has 30 heavy (non-hydrogen) atoms. The number of urea groups is 1. The van der Waals surface area contributed by atoms with Crippen molar-refractivity contribution in [2.45, 2.75) is 38.8 Å². The number of nitrogens with one attached hydrogen (secondary N) is 2. The van der Waals surface area contributed by atoms with Crippen LogP contribution in [0.3, 0.4) is 0 Å². The monoisotopic (exact) mass is 418 g/mol. The molecule has 1 aromatic carbocycles. The van der Waals surface area contributed by atoms with Crippen molar-refractivity contribution in [3.8, 4) is 5.75 Å². The lowest BCUT2D eigenvalue weighted by Gasteiger charge is -2.40. The number of likely N-dealkylation sites (N-methyl/N-ethyl adjacent to an activating group) is 1. The van der Waals surface area contributed by atoms with Crippen molar-refractivity contribution in [2.75, 3.05) is 26.7 Å². The fourth-order valence-corrected chi connectivity index (χ4v) is 3.95. The van der Waals surface area contributed by atoms with Crippen LogP contribution < -0.4 is 10.1 Å². The van der Waals surface area contributed by atoms with Crippen LogP contribution in [-0.4, -0.2) is 65.2 Å². The zero-order chi connectivity index (χ0) is 21.6. The minimum atomic E-state index is -0.547. The van der Waals surface area contributed by atoms with Gasteiger partial charge in [-0.2, -0.15) is 0 Å². The predicted molar refractivity (Wildman–Crippen MR) is 114 cm³/mol. The van der Waals surface area contributed by atoms with Crippen molar-refractivity contribution in [1.82, 2.24) is 20.1 Å². The zero-order valence-electron chi connectivity index (χ0n) is 17.6. The second-order valence-electron chi connectivity index (χ2n) is 8.61. The summed E-state index contributed by atoms with van der Waals surface area (Å²) in [6.45, 7) is 6.85. The lowest BCUT2D eigenvalue weighted by atomic mass is 9.89. The van der Waals surface area contributed by atoms with Gasteiger partial charge in [0.05, 0.1) is 19.0 Å². The van der Waals surface area contributed by atoms with Gasteiger partial charge in [0, 0.05) is 33.0 Å². The van der Waals surface area contributed by atoms with Crippen molar-refractivity contribution in [2.24, 2.45) is 0 Å². The van der Waals surface area contributed by atoms with Gasteiger partial charge in [-0.1, -0.05) is 0 Å². The van der Waals surface area contributed by atoms with Gasteiger partial charge in [0.1, 0.15) is 18.0 Å². The molecule has 4 amide bonds. The lowest BCUT2D eigenvalue weighted by molar-refractivity contribution is -0.132. The van der Waals surface area contributed by atoms with E-state index in [0.717, 1.165) is 22.2 Å². The summed E-state index contributed by atoms with van der Waals surface area (Å²) in [6, 6.07) is 5.38. The maximum atomic E-state index is 12.7. The molecule has 164 valence electrons. The van der Waals surface area contributed by atoms with Crippen LogP contribution in [0.1, 0.15) is 40.8 Å². The molecule has 0 saturated carbocycles. The molecule has 9 nitrogen and oxygen atoms in total. The Hall–Kier alpha value is -3.23. The molecule has 2 bridgehead atoms. The van der Waals surface area contributed by atoms with E-state index in [4.69, 9.17) is 9.47 Å². The Morgan fingerprint density at radius 1 is 1.33 bits per heavy atom. The Kier molecular flexibility index (Phi) is 4.83. The van der Waals surface area contributed by atoms with Crippen LogP contribution in [0.5, 0.6) is 5.75 Å². The highest BCUT2D eigenvalue weighted by atomic mass is 16.6. The number of aromatic nitrogens is 1. The minimum absolute atomic E-state index is 0. The molecule has 9 heteroatoms. The Labute approximate surface area is 177 Å². The van der Waals surface area contributed by atoms with Gasteiger partial charge in [-0.25, -0.2) is 9.59 Å². The first kappa shape index (κ1) is 20.1. The largest absolute Gasteiger partial charge is 0.492 e. The van der Waals surface area contributed by atoms with Crippen LogP contribution in [0.2, 0.25) is 0 Å². The molecule has 2 aromatic rings. The summed E-state index contributed by atoms with van der Waals surface area (Å²) in [7, 11) is 1.52. The summed E-state index contributed by atoms with van der Waals surface area (Å²) in [5.41, 5.74) is 2.17. The number of hydrogen-bond acceptors (Lipinski definition) is 5. The topological polar surface area (TPSA) is 104 Å². The number of carbonyl (C=O) groups excluding carboxylic acids is 3. The number of ether oxygens (including phenoxy) is 2. The van der Waals surface area contributed by atoms with Gasteiger partial charge in [0.2, 0.25) is 5.91 Å². The SMILES string of the molecule is CN1C(=O)C2CN(Cc3[nH]c4ccc(OCCNC(=O)OC(C)(C)C)cc4c32)C1=O.[HH].[HH]. The Morgan fingerprint density at radius 3 is 2.83 bits per heavy atom. The van der Waals surface area contributed by atoms with Gasteiger partial charge < -0.3 is 24.7 Å². The van der Waals surface area contributed by atoms with Gasteiger partial charge in [-0.15, -0.1) is 0 Å². The molecule has 2 N–H and O–H groups in total. The van der Waals surface area contributed by atoms with E-state index in [1.807, 2.05) is 18.2 Å². The molecule has 1 unspecified atom stereocenters. The third-order valence-corrected chi connectivity index (χ3v) is 5.22. The summed E-state index contributed by atoms with van der Waals surface area (Å²) in [5, 5.41) is 3.57. The second-order valence-corrected chi connectivity index (χ2v) is 8.61. The molecule has 0 radical (unpaired) electrons. The Balaban J connectivity index is 0.00000181. The molecule has 1 aromatic heterocycles. The molecule has 4 rings (SSSR count). The number of benzene rings is 1. The third-order valence-electron chi connectivity index (χ3n) is 5.22. The number of H-pyrrole nitrogens is 1. The molecule has 2 aliphatic heterocycles. The number of rotatable bonds is 4. The number of hydrogen-bond donors (Lipinski definition) is 2. The maximum absolute atomic E-state index is 12.7. The number of imide groups is 1. The van der Waals surface area contributed by atoms with Crippen molar-refractivity contribution in [3.63, 3.8) is 0 Å². The quantitative estimate of drug-likeness (QED) is 0.743. The fourth-order valence-electron chi connectivity index (χ4n) is 3.95. The average molecular weight is 418 g/mol. The molecular formula is C21H30N4O5. The van der Waals surface area contributed by atoms with E-state index in [0.29, 0.717) is 25.4 Å².